The van der Waals surface area contributed by atoms with Crippen LogP contribution in [0.15, 0.2) is 72.8 Å². The number of rotatable bonds is 4. The second-order valence-electron chi connectivity index (χ2n) is 9.06. The van der Waals surface area contributed by atoms with Crippen molar-refractivity contribution in [3.8, 4) is 16.9 Å². The molecular weight excluding hydrogens is 405 g/mol. The van der Waals surface area contributed by atoms with Gasteiger partial charge in [0, 0.05) is 6.54 Å². The molecule has 4 nitrogen and oxygen atoms in total. The minimum Gasteiger partial charge on any atom is -0.478 e. The van der Waals surface area contributed by atoms with Gasteiger partial charge in [-0.1, -0.05) is 48.5 Å². The van der Waals surface area contributed by atoms with E-state index in [-0.39, 0.29) is 11.7 Å². The molecule has 5 rings (SSSR count). The lowest BCUT2D eigenvalue weighted by Crippen LogP contribution is -2.49. The molecule has 0 saturated carbocycles. The predicted molar refractivity (Wildman–Crippen MR) is 121 cm³/mol. The van der Waals surface area contributed by atoms with Gasteiger partial charge in [0.2, 0.25) is 0 Å². The summed E-state index contributed by atoms with van der Waals surface area (Å²) in [5.41, 5.74) is 2.87. The van der Waals surface area contributed by atoms with E-state index in [1.807, 2.05) is 41.3 Å². The van der Waals surface area contributed by atoms with Crippen molar-refractivity contribution in [2.75, 3.05) is 13.1 Å². The van der Waals surface area contributed by atoms with Crippen molar-refractivity contribution in [3.63, 3.8) is 0 Å². The Balaban J connectivity index is 1.28. The first-order valence-corrected chi connectivity index (χ1v) is 10.9. The predicted octanol–water partition coefficient (Wildman–Crippen LogP) is 5.31. The van der Waals surface area contributed by atoms with Crippen LogP contribution in [0.4, 0.5) is 4.39 Å². The fraction of sp³-hybridized carbons (Fsp3) is 0.296. The van der Waals surface area contributed by atoms with Gasteiger partial charge in [-0.15, -0.1) is 0 Å². The van der Waals surface area contributed by atoms with Crippen molar-refractivity contribution >= 4 is 5.91 Å². The van der Waals surface area contributed by atoms with Crippen LogP contribution < -0.4 is 4.74 Å². The number of carbonyl (C=O) groups is 1. The number of amides is 1. The molecule has 32 heavy (non-hydrogen) atoms. The Labute approximate surface area is 187 Å². The molecule has 1 spiro atoms. The van der Waals surface area contributed by atoms with Gasteiger partial charge in [0.15, 0.2) is 5.60 Å². The third-order valence-corrected chi connectivity index (χ3v) is 6.45. The Morgan fingerprint density at radius 3 is 2.38 bits per heavy atom. The van der Waals surface area contributed by atoms with E-state index in [0.717, 1.165) is 17.5 Å². The van der Waals surface area contributed by atoms with E-state index in [4.69, 9.17) is 9.47 Å². The number of hydrogen-bond donors (Lipinski definition) is 0. The van der Waals surface area contributed by atoms with Gasteiger partial charge in [-0.2, -0.15) is 0 Å². The molecule has 0 aliphatic carbocycles. The van der Waals surface area contributed by atoms with Gasteiger partial charge in [-0.3, -0.25) is 4.79 Å². The van der Waals surface area contributed by atoms with Crippen LogP contribution in [-0.4, -0.2) is 29.5 Å². The summed E-state index contributed by atoms with van der Waals surface area (Å²) in [6.45, 7) is 5.39. The van der Waals surface area contributed by atoms with Gasteiger partial charge in [0.05, 0.1) is 13.2 Å². The van der Waals surface area contributed by atoms with E-state index in [9.17, 15) is 9.18 Å². The van der Waals surface area contributed by atoms with E-state index in [2.05, 4.69) is 12.1 Å². The van der Waals surface area contributed by atoms with E-state index >= 15 is 0 Å². The van der Waals surface area contributed by atoms with Gasteiger partial charge in [-0.05, 0) is 66.8 Å². The molecule has 3 aromatic rings. The van der Waals surface area contributed by atoms with Crippen LogP contribution in [0.25, 0.3) is 11.1 Å². The fourth-order valence-electron chi connectivity index (χ4n) is 4.75. The summed E-state index contributed by atoms with van der Waals surface area (Å²) < 4.78 is 25.5. The van der Waals surface area contributed by atoms with Crippen LogP contribution in [0.1, 0.15) is 31.4 Å². The second kappa shape index (κ2) is 7.75. The molecule has 0 bridgehead atoms. The van der Waals surface area contributed by atoms with Crippen molar-refractivity contribution in [1.29, 1.82) is 0 Å². The number of halogens is 1. The highest BCUT2D eigenvalue weighted by Gasteiger charge is 2.49. The first kappa shape index (κ1) is 20.7. The summed E-state index contributed by atoms with van der Waals surface area (Å²) in [6.07, 6.45) is 0.790. The van der Waals surface area contributed by atoms with E-state index in [0.29, 0.717) is 25.4 Å². The Bertz CT molecular complexity index is 1140. The van der Waals surface area contributed by atoms with Crippen LogP contribution in [0, 0.1) is 5.82 Å². The molecule has 0 aromatic heterocycles. The smallest absolute Gasteiger partial charge is 0.266 e. The quantitative estimate of drug-likeness (QED) is 0.562. The van der Waals surface area contributed by atoms with Crippen molar-refractivity contribution in [2.45, 2.75) is 38.1 Å². The molecular formula is C27H26FNO3. The Morgan fingerprint density at radius 1 is 1.00 bits per heavy atom. The number of fused-ring (bicyclic) bond motifs is 2. The van der Waals surface area contributed by atoms with Gasteiger partial charge >= 0.3 is 0 Å². The zero-order valence-electron chi connectivity index (χ0n) is 18.3. The molecule has 5 heteroatoms. The van der Waals surface area contributed by atoms with Gasteiger partial charge in [0.25, 0.3) is 5.91 Å². The van der Waals surface area contributed by atoms with Crippen molar-refractivity contribution in [2.24, 2.45) is 0 Å². The van der Waals surface area contributed by atoms with E-state index < -0.39 is 11.2 Å². The SMILES string of the molecule is CC(C)(Oc1ccc(-c2ccc(F)cc2)cc1)C(=O)N1CC[C@@]2(C1)OCc1ccccc12. The first-order chi connectivity index (χ1) is 15.4. The maximum Gasteiger partial charge on any atom is 0.266 e. The van der Waals surface area contributed by atoms with Crippen LogP contribution in [0.5, 0.6) is 5.75 Å². The monoisotopic (exact) mass is 431 g/mol. The minimum atomic E-state index is -1.01. The minimum absolute atomic E-state index is 0.0510. The van der Waals surface area contributed by atoms with Crippen LogP contribution in [-0.2, 0) is 21.7 Å². The molecule has 1 amide bonds. The first-order valence-electron chi connectivity index (χ1n) is 10.9. The largest absolute Gasteiger partial charge is 0.478 e. The molecule has 0 N–H and O–H groups in total. The van der Waals surface area contributed by atoms with Crippen molar-refractivity contribution in [3.05, 3.63) is 89.7 Å². The summed E-state index contributed by atoms with van der Waals surface area (Å²) in [5, 5.41) is 0. The maximum absolute atomic E-state index is 13.4. The standard InChI is InChI=1S/C27H26FNO3/c1-26(2,32-23-13-9-20(10-14-23)19-7-11-22(28)12-8-19)25(30)29-16-15-27(18-29)24-6-4-3-5-21(24)17-31-27/h3-14H,15-18H2,1-2H3/t27-/m0/s1. The zero-order valence-corrected chi connectivity index (χ0v) is 18.3. The number of nitrogens with zero attached hydrogens (tertiary/aromatic N) is 1. The molecule has 2 aliphatic rings. The Kier molecular flexibility index (Phi) is 5.01. The lowest BCUT2D eigenvalue weighted by Gasteiger charge is -2.31. The Hall–Kier alpha value is -3.18. The number of hydrogen-bond acceptors (Lipinski definition) is 3. The lowest BCUT2D eigenvalue weighted by molar-refractivity contribution is -0.145. The Morgan fingerprint density at radius 2 is 1.66 bits per heavy atom. The summed E-state index contributed by atoms with van der Waals surface area (Å²) in [7, 11) is 0. The van der Waals surface area contributed by atoms with Gasteiger partial charge < -0.3 is 14.4 Å². The summed E-state index contributed by atoms with van der Waals surface area (Å²) in [6, 6.07) is 22.1. The molecule has 0 unspecified atom stereocenters. The van der Waals surface area contributed by atoms with Crippen LogP contribution >= 0.6 is 0 Å². The summed E-state index contributed by atoms with van der Waals surface area (Å²) >= 11 is 0. The highest BCUT2D eigenvalue weighted by molar-refractivity contribution is 5.85. The number of benzene rings is 3. The zero-order chi connectivity index (χ0) is 22.3. The van der Waals surface area contributed by atoms with Crippen molar-refractivity contribution in [1.82, 2.24) is 4.90 Å². The average Bonchev–Trinajstić information content (AvgIpc) is 3.39. The van der Waals surface area contributed by atoms with Gasteiger partial charge in [-0.25, -0.2) is 4.39 Å². The third-order valence-electron chi connectivity index (χ3n) is 6.45. The van der Waals surface area contributed by atoms with Gasteiger partial charge in [0.1, 0.15) is 17.2 Å². The molecule has 164 valence electrons. The van der Waals surface area contributed by atoms with Crippen LogP contribution in [0.3, 0.4) is 0 Å². The van der Waals surface area contributed by atoms with Crippen LogP contribution in [0.2, 0.25) is 0 Å². The topological polar surface area (TPSA) is 38.8 Å². The average molecular weight is 432 g/mol. The molecule has 0 radical (unpaired) electrons. The summed E-state index contributed by atoms with van der Waals surface area (Å²) in [5.74, 6) is 0.305. The molecule has 2 aliphatic heterocycles. The van der Waals surface area contributed by atoms with Crippen molar-refractivity contribution < 1.29 is 18.7 Å². The van der Waals surface area contributed by atoms with E-state index in [1.165, 1.54) is 23.3 Å². The lowest BCUT2D eigenvalue weighted by atomic mass is 9.92. The molecule has 2 heterocycles. The molecule has 1 fully saturated rings. The highest BCUT2D eigenvalue weighted by atomic mass is 19.1. The number of likely N-dealkylation sites (tertiary alicyclic amines) is 1. The maximum atomic E-state index is 13.4. The molecule has 1 atom stereocenters. The number of ether oxygens (including phenoxy) is 2. The van der Waals surface area contributed by atoms with E-state index in [1.54, 1.807) is 26.0 Å². The normalized spacial score (nSPS) is 19.9. The fourth-order valence-corrected chi connectivity index (χ4v) is 4.75. The second-order valence-corrected chi connectivity index (χ2v) is 9.06. The summed E-state index contributed by atoms with van der Waals surface area (Å²) in [4.78, 5) is 15.2. The third kappa shape index (κ3) is 3.67. The highest BCUT2D eigenvalue weighted by Crippen LogP contribution is 2.43. The molecule has 1 saturated heterocycles. The molecule has 3 aromatic carbocycles. The number of carbonyl (C=O) groups excluding carboxylic acids is 1.